The molecule has 0 aliphatic carbocycles. The zero-order chi connectivity index (χ0) is 85.4. The van der Waals surface area contributed by atoms with E-state index in [1.807, 2.05) is 118 Å². The zero-order valence-electron chi connectivity index (χ0n) is 65.2. The Bertz CT molecular complexity index is 5120. The molecule has 0 saturated heterocycles. The third kappa shape index (κ3) is 32.6. The van der Waals surface area contributed by atoms with E-state index in [2.05, 4.69) is 135 Å². The van der Waals surface area contributed by atoms with Gasteiger partial charge in [-0.25, -0.2) is 39.9 Å². The maximum atomic E-state index is 9.46. The molecule has 10 N–H and O–H groups in total. The Morgan fingerprint density at radius 1 is 0.258 bits per heavy atom. The van der Waals surface area contributed by atoms with Gasteiger partial charge in [0.25, 0.3) is 0 Å². The molecule has 8 aromatic rings. The Balaban J connectivity index is 0.000000156. The number of rotatable bonds is 16. The Kier molecular flexibility index (Phi) is 34.2. The van der Waals surface area contributed by atoms with Gasteiger partial charge < -0.3 is 90.6 Å². The second kappa shape index (κ2) is 46.6. The number of ether oxygens (including phenoxy) is 8. The summed E-state index contributed by atoms with van der Waals surface area (Å²) in [5, 5.41) is 43.4. The molecule has 8 aliphatic rings. The number of hydrogen-bond acceptors (Lipinski definition) is 26. The first-order valence-corrected chi connectivity index (χ1v) is 37.1. The van der Waals surface area contributed by atoms with Gasteiger partial charge in [0.05, 0.1) is 54.7 Å². The predicted octanol–water partition coefficient (Wildman–Crippen LogP) is 18.7. The maximum absolute atomic E-state index is 9.46. The lowest BCUT2D eigenvalue weighted by atomic mass is 10.2. The fourth-order valence-electron chi connectivity index (χ4n) is 9.08. The molecule has 29 heteroatoms. The van der Waals surface area contributed by atoms with Crippen LogP contribution in [0.2, 0.25) is 15.1 Å². The number of nitrogens with one attached hydrogen (secondary N) is 8. The number of phenols is 2. The highest BCUT2D eigenvalue weighted by Gasteiger charge is 2.12. The second-order valence-electron chi connectivity index (χ2n) is 24.7. The summed E-state index contributed by atoms with van der Waals surface area (Å²) in [4.78, 5) is 31.8. The molecule has 8 heterocycles. The first-order valence-electron chi connectivity index (χ1n) is 36.0. The highest BCUT2D eigenvalue weighted by Crippen LogP contribution is 2.29. The van der Waals surface area contributed by atoms with Crippen LogP contribution in [-0.4, -0.2) is 59.9 Å². The minimum atomic E-state index is 0.0937. The van der Waals surface area contributed by atoms with Crippen molar-refractivity contribution in [1.82, 2.24) is 42.5 Å². The molecule has 0 unspecified atom stereocenters. The van der Waals surface area contributed by atoms with Crippen LogP contribution in [0.5, 0.6) is 57.5 Å². The molecule has 16 rings (SSSR count). The number of halogens is 3. The van der Waals surface area contributed by atoms with Crippen LogP contribution in [0, 0.1) is 20.8 Å². The van der Waals surface area contributed by atoms with Crippen molar-refractivity contribution in [1.29, 1.82) is 0 Å². The van der Waals surface area contributed by atoms with E-state index in [0.29, 0.717) is 136 Å². The van der Waals surface area contributed by atoms with Crippen molar-refractivity contribution < 1.29 is 48.1 Å². The SMILES string of the molecule is C=C1N=CC(Oc2ccc(C)cc2)=CN1.C=C1N=CC(Oc2ccc(Cl)cc2)=CN1.C=C1N=CC(Oc2cccc(C)c2)=CN1.C=C1N=CC(Oc2cccc(Cl)c2)=CN1.C=C1N=CC(Oc2cccc(O)c2)=CN1.C=C1N=CC(Oc2ccccc2C)=CN1.C=C1N=CC(Oc2ccccc2Cl)=CN1.C=C1N=CC(Oc2ccccc2O)=CN1. The number of allylic oxidation sites excluding steroid dienone is 8. The smallest absolute Gasteiger partial charge is 0.169 e. The highest BCUT2D eigenvalue weighted by molar-refractivity contribution is 6.32. The Morgan fingerprint density at radius 2 is 0.567 bits per heavy atom. The molecular weight excluding hydrogens is 1580 g/mol. The van der Waals surface area contributed by atoms with Gasteiger partial charge >= 0.3 is 0 Å². The molecule has 26 nitrogen and oxygen atoms in total. The van der Waals surface area contributed by atoms with E-state index in [9.17, 15) is 10.2 Å². The van der Waals surface area contributed by atoms with Gasteiger partial charge in [-0.15, -0.1) is 0 Å². The first-order chi connectivity index (χ1) is 57.9. The first kappa shape index (κ1) is 88.2. The largest absolute Gasteiger partial charge is 0.508 e. The van der Waals surface area contributed by atoms with Crippen LogP contribution in [0.4, 0.5) is 0 Å². The van der Waals surface area contributed by atoms with E-state index < -0.39 is 0 Å². The van der Waals surface area contributed by atoms with E-state index in [1.165, 1.54) is 23.4 Å². The van der Waals surface area contributed by atoms with Crippen molar-refractivity contribution in [2.75, 3.05) is 0 Å². The predicted molar refractivity (Wildman–Crippen MR) is 480 cm³/mol. The van der Waals surface area contributed by atoms with Gasteiger partial charge in [0.15, 0.2) is 57.6 Å². The van der Waals surface area contributed by atoms with E-state index in [0.717, 1.165) is 22.8 Å². The van der Waals surface area contributed by atoms with Gasteiger partial charge in [-0.05, 0) is 141 Å². The number of aliphatic imine (C=N–C) groups is 8. The maximum Gasteiger partial charge on any atom is 0.169 e. The zero-order valence-corrected chi connectivity index (χ0v) is 67.5. The number of para-hydroxylation sites is 4. The quantitative estimate of drug-likeness (QED) is 0.0430. The highest BCUT2D eigenvalue weighted by atomic mass is 35.5. The van der Waals surface area contributed by atoms with Crippen LogP contribution in [0.25, 0.3) is 0 Å². The molecule has 0 saturated carbocycles. The van der Waals surface area contributed by atoms with E-state index in [1.54, 1.807) is 184 Å². The van der Waals surface area contributed by atoms with Gasteiger partial charge in [0.2, 0.25) is 0 Å². The molecule has 0 amide bonds. The van der Waals surface area contributed by atoms with Crippen molar-refractivity contribution in [2.45, 2.75) is 20.8 Å². The third-order valence-corrected chi connectivity index (χ3v) is 15.7. The number of aryl methyl sites for hydroxylation is 3. The molecule has 0 bridgehead atoms. The van der Waals surface area contributed by atoms with Gasteiger partial charge in [-0.1, -0.05) is 172 Å². The van der Waals surface area contributed by atoms with Crippen molar-refractivity contribution in [3.05, 3.63) is 421 Å². The molecule has 0 spiro atoms. The second-order valence-corrected chi connectivity index (χ2v) is 26.0. The summed E-state index contributed by atoms with van der Waals surface area (Å²) < 4.78 is 44.2. The number of nitrogens with zero attached hydrogens (tertiary/aromatic N) is 8. The summed E-state index contributed by atoms with van der Waals surface area (Å²) in [6.45, 7) is 35.2. The number of phenolic OH excluding ortho intramolecular Hbond substituents is 2. The normalized spacial score (nSPS) is 14.4. The fraction of sp³-hybridized carbons (Fsp3) is 0.0330. The van der Waals surface area contributed by atoms with Crippen LogP contribution >= 0.6 is 34.8 Å². The lowest BCUT2D eigenvalue weighted by Crippen LogP contribution is -2.12. The summed E-state index contributed by atoms with van der Waals surface area (Å²) >= 11 is 17.5. The van der Waals surface area contributed by atoms with Crippen molar-refractivity contribution in [3.63, 3.8) is 0 Å². The summed E-state index contributed by atoms with van der Waals surface area (Å²) in [6.07, 6.45) is 26.4. The standard InChI is InChI=1S/3C12H12N2O.3C11H9ClN2O.2C11H10N2O2/c1-9-3-5-11(6-4-9)15-12-7-13-10(2)14-8-12;1-9-4-3-5-11(6-9)15-12-7-13-10(2)14-8-12;1-9-5-3-4-6-12(9)15-11-7-13-10(2)14-8-11;1-8-13-6-11(7-14-8)15-10-4-2-9(12)3-5-10;1-8-13-6-11(7-14-8)15-10-4-2-3-9(12)5-10;1-8-13-6-9(7-14-8)15-11-5-3-2-4-10(11)12;1-8-12-6-11(7-13-8)15-10-4-2-3-9(14)5-10;1-8-12-6-9(7-13-8)15-11-5-3-2-4-10(11)14/h3*3-8,13H,2H2,1H3;3*2-7,13H,1H2;2*2-7,12,14H,1H2. The molecule has 0 radical (unpaired) electrons. The van der Waals surface area contributed by atoms with Crippen LogP contribution in [-0.2, 0) is 0 Å². The average molecular weight is 1670 g/mol. The summed E-state index contributed by atoms with van der Waals surface area (Å²) in [6, 6.07) is 58.4. The van der Waals surface area contributed by atoms with Crippen molar-refractivity contribution in [2.24, 2.45) is 39.9 Å². The Hall–Kier alpha value is -15.8. The Morgan fingerprint density at radius 3 is 0.925 bits per heavy atom. The molecule has 8 aromatic carbocycles. The van der Waals surface area contributed by atoms with E-state index in [4.69, 9.17) is 72.7 Å². The number of benzene rings is 8. The van der Waals surface area contributed by atoms with Crippen LogP contribution < -0.4 is 80.4 Å². The van der Waals surface area contributed by atoms with Crippen LogP contribution in [0.1, 0.15) is 16.7 Å². The van der Waals surface area contributed by atoms with Crippen LogP contribution in [0.3, 0.4) is 0 Å². The van der Waals surface area contributed by atoms with E-state index in [-0.39, 0.29) is 11.5 Å². The van der Waals surface area contributed by atoms with Crippen LogP contribution in [0.15, 0.2) is 429 Å². The van der Waals surface area contributed by atoms with Crippen molar-refractivity contribution in [3.8, 4) is 57.5 Å². The summed E-state index contributed by atoms with van der Waals surface area (Å²) in [5.74, 6) is 15.3. The van der Waals surface area contributed by atoms with Gasteiger partial charge in [-0.3, -0.25) is 0 Å². The van der Waals surface area contributed by atoms with E-state index >= 15 is 0 Å². The molecule has 120 heavy (non-hydrogen) atoms. The third-order valence-electron chi connectivity index (χ3n) is 14.9. The fourth-order valence-corrected chi connectivity index (χ4v) is 9.56. The summed E-state index contributed by atoms with van der Waals surface area (Å²) in [7, 11) is 0. The lowest BCUT2D eigenvalue weighted by Gasteiger charge is -2.12. The minimum Gasteiger partial charge on any atom is -0.508 e. The molecule has 8 aliphatic heterocycles. The van der Waals surface area contributed by atoms with Crippen molar-refractivity contribution >= 4 is 84.5 Å². The average Bonchev–Trinajstić information content (AvgIpc) is 0.861. The molecular formula is C91H83Cl3N16O10. The Labute approximate surface area is 709 Å². The monoisotopic (exact) mass is 1660 g/mol. The lowest BCUT2D eigenvalue weighted by molar-refractivity contribution is 0.396. The molecule has 608 valence electrons. The molecule has 0 atom stereocenters. The van der Waals surface area contributed by atoms with Gasteiger partial charge in [0, 0.05) is 65.7 Å². The van der Waals surface area contributed by atoms with Gasteiger partial charge in [-0.2, -0.15) is 0 Å². The molecule has 0 fully saturated rings. The minimum absolute atomic E-state index is 0.0937. The topological polar surface area (TPSA) is 309 Å². The number of aromatic hydroxyl groups is 2. The molecule has 0 aromatic heterocycles. The number of hydrogen-bond donors (Lipinski definition) is 10. The summed E-state index contributed by atoms with van der Waals surface area (Å²) in [5.41, 5.74) is 3.47. The van der Waals surface area contributed by atoms with Gasteiger partial charge in [0.1, 0.15) is 92.6 Å².